The van der Waals surface area contributed by atoms with Crippen molar-refractivity contribution >= 4 is 11.6 Å². The molecule has 6 heteroatoms. The first-order valence-corrected chi connectivity index (χ1v) is 7.91. The molecule has 0 spiro atoms. The molecule has 1 aromatic carbocycles. The first-order chi connectivity index (χ1) is 11.0. The largest absolute Gasteiger partial charge is 0.375 e. The lowest BCUT2D eigenvalue weighted by molar-refractivity contribution is 0.0939. The van der Waals surface area contributed by atoms with E-state index < -0.39 is 0 Å². The minimum Gasteiger partial charge on any atom is -0.375 e. The molecule has 6 nitrogen and oxygen atoms in total. The summed E-state index contributed by atoms with van der Waals surface area (Å²) in [6.07, 6.45) is 2.30. The highest BCUT2D eigenvalue weighted by molar-refractivity contribution is 5.94. The topological polar surface area (TPSA) is 81.0 Å². The van der Waals surface area contributed by atoms with Crippen molar-refractivity contribution in [1.29, 1.82) is 0 Å². The quantitative estimate of drug-likeness (QED) is 0.734. The van der Waals surface area contributed by atoms with Gasteiger partial charge in [-0.05, 0) is 37.6 Å². The number of carbonyl (C=O) groups excluding carboxylic acids is 1. The number of benzene rings is 1. The molecule has 0 fully saturated rings. The van der Waals surface area contributed by atoms with Gasteiger partial charge in [-0.2, -0.15) is 0 Å². The van der Waals surface area contributed by atoms with Gasteiger partial charge < -0.3 is 15.3 Å². The molecule has 2 rings (SSSR count). The fraction of sp³-hybridized carbons (Fsp3) is 0.412. The molecule has 1 atom stereocenters. The zero-order valence-corrected chi connectivity index (χ0v) is 13.8. The summed E-state index contributed by atoms with van der Waals surface area (Å²) in [7, 11) is 2.05. The summed E-state index contributed by atoms with van der Waals surface area (Å²) in [4.78, 5) is 25.6. The van der Waals surface area contributed by atoms with Crippen molar-refractivity contribution < 1.29 is 4.79 Å². The van der Waals surface area contributed by atoms with Gasteiger partial charge in [0, 0.05) is 30.9 Å². The van der Waals surface area contributed by atoms with E-state index in [2.05, 4.69) is 34.4 Å². The monoisotopic (exact) mass is 316 g/mol. The molecule has 2 aromatic rings. The number of carbonyl (C=O) groups is 1. The number of hydrogen-bond acceptors (Lipinski definition) is 3. The van der Waals surface area contributed by atoms with Crippen molar-refractivity contribution in [2.75, 3.05) is 18.5 Å². The van der Waals surface area contributed by atoms with Gasteiger partial charge in [0.15, 0.2) is 0 Å². The Kier molecular flexibility index (Phi) is 5.62. The van der Waals surface area contributed by atoms with E-state index in [0.29, 0.717) is 11.3 Å². The molecule has 3 N–H and O–H groups in total. The maximum Gasteiger partial charge on any atom is 0.264 e. The van der Waals surface area contributed by atoms with E-state index in [-0.39, 0.29) is 17.5 Å². The lowest BCUT2D eigenvalue weighted by atomic mass is 10.1. The second-order valence-electron chi connectivity index (χ2n) is 5.73. The molecule has 124 valence electrons. The molecule has 1 amide bonds. The summed E-state index contributed by atoms with van der Waals surface area (Å²) in [6.45, 7) is 4.99. The van der Waals surface area contributed by atoms with Gasteiger partial charge in [0.05, 0.1) is 11.7 Å². The number of hydrogen-bond donors (Lipinski definition) is 3. The highest BCUT2D eigenvalue weighted by atomic mass is 16.1. The van der Waals surface area contributed by atoms with E-state index in [1.54, 1.807) is 0 Å². The first kappa shape index (κ1) is 16.9. The standard InChI is InChI=1S/C17H24N4O2/c1-4-5-10-21(3)14-8-6-13(7-9-14)17(23)18-12(2)15-11-16(22)20-19-15/h6-9,11-12H,4-5,10H2,1-3H3,(H,18,23)(H2,19,20,22). The van der Waals surface area contributed by atoms with Gasteiger partial charge in [-0.1, -0.05) is 13.3 Å². The van der Waals surface area contributed by atoms with Gasteiger partial charge in [0.2, 0.25) is 0 Å². The van der Waals surface area contributed by atoms with Crippen LogP contribution in [0, 0.1) is 0 Å². The van der Waals surface area contributed by atoms with Crippen LogP contribution in [-0.2, 0) is 0 Å². The van der Waals surface area contributed by atoms with Gasteiger partial charge >= 0.3 is 0 Å². The van der Waals surface area contributed by atoms with E-state index in [0.717, 1.165) is 25.1 Å². The van der Waals surface area contributed by atoms with Gasteiger partial charge in [0.1, 0.15) is 0 Å². The maximum atomic E-state index is 12.3. The van der Waals surface area contributed by atoms with Crippen LogP contribution in [0.15, 0.2) is 35.1 Å². The highest BCUT2D eigenvalue weighted by Crippen LogP contribution is 2.15. The summed E-state index contributed by atoms with van der Waals surface area (Å²) in [5, 5.41) is 8.07. The van der Waals surface area contributed by atoms with E-state index in [4.69, 9.17) is 0 Å². The van der Waals surface area contributed by atoms with Crippen LogP contribution in [0.5, 0.6) is 0 Å². The zero-order valence-electron chi connectivity index (χ0n) is 13.8. The summed E-state index contributed by atoms with van der Waals surface area (Å²) >= 11 is 0. The van der Waals surface area contributed by atoms with Crippen LogP contribution < -0.4 is 15.8 Å². The number of nitrogens with zero attached hydrogens (tertiary/aromatic N) is 1. The average molecular weight is 316 g/mol. The number of aromatic amines is 2. The first-order valence-electron chi connectivity index (χ1n) is 7.91. The Bertz CT molecular complexity index is 687. The third-order valence-electron chi connectivity index (χ3n) is 3.85. The van der Waals surface area contributed by atoms with Gasteiger partial charge in [-0.15, -0.1) is 0 Å². The molecule has 23 heavy (non-hydrogen) atoms. The van der Waals surface area contributed by atoms with Crippen LogP contribution in [0.2, 0.25) is 0 Å². The molecule has 1 unspecified atom stereocenters. The molecular formula is C17H24N4O2. The van der Waals surface area contributed by atoms with Gasteiger partial charge in [0.25, 0.3) is 11.5 Å². The number of amides is 1. The normalized spacial score (nSPS) is 12.0. The smallest absolute Gasteiger partial charge is 0.264 e. The summed E-state index contributed by atoms with van der Waals surface area (Å²) in [5.74, 6) is -0.165. The number of nitrogens with one attached hydrogen (secondary N) is 3. The molecule has 1 aromatic heterocycles. The molecule has 0 aliphatic heterocycles. The number of anilines is 1. The Morgan fingerprint density at radius 3 is 2.52 bits per heavy atom. The fourth-order valence-electron chi connectivity index (χ4n) is 2.33. The predicted molar refractivity (Wildman–Crippen MR) is 91.9 cm³/mol. The molecule has 1 heterocycles. The van der Waals surface area contributed by atoms with Crippen LogP contribution in [0.1, 0.15) is 48.8 Å². The van der Waals surface area contributed by atoms with Gasteiger partial charge in [-0.3, -0.25) is 14.7 Å². The van der Waals surface area contributed by atoms with Crippen LogP contribution in [0.25, 0.3) is 0 Å². The fourth-order valence-corrected chi connectivity index (χ4v) is 2.33. The highest BCUT2D eigenvalue weighted by Gasteiger charge is 2.13. The Balaban J connectivity index is 1.98. The zero-order chi connectivity index (χ0) is 16.8. The lowest BCUT2D eigenvalue weighted by Gasteiger charge is -2.19. The lowest BCUT2D eigenvalue weighted by Crippen LogP contribution is -2.27. The second-order valence-corrected chi connectivity index (χ2v) is 5.73. The predicted octanol–water partition coefficient (Wildman–Crippen LogP) is 2.43. The molecule has 0 radical (unpaired) electrons. The van der Waals surface area contributed by atoms with Crippen LogP contribution in [0.4, 0.5) is 5.69 Å². The van der Waals surface area contributed by atoms with E-state index in [9.17, 15) is 9.59 Å². The van der Waals surface area contributed by atoms with Crippen LogP contribution in [-0.4, -0.2) is 29.7 Å². The Labute approximate surface area is 135 Å². The van der Waals surface area contributed by atoms with Crippen molar-refractivity contribution in [2.45, 2.75) is 32.7 Å². The number of H-pyrrole nitrogens is 2. The van der Waals surface area contributed by atoms with E-state index in [1.165, 1.54) is 6.07 Å². The van der Waals surface area contributed by atoms with Crippen LogP contribution in [0.3, 0.4) is 0 Å². The SMILES string of the molecule is CCCCN(C)c1ccc(C(=O)NC(C)c2cc(=O)[nH][nH]2)cc1. The molecule has 0 bridgehead atoms. The van der Waals surface area contributed by atoms with Crippen LogP contribution >= 0.6 is 0 Å². The summed E-state index contributed by atoms with van der Waals surface area (Å²) in [6, 6.07) is 8.71. The van der Waals surface area contributed by atoms with Crippen molar-refractivity contribution in [3.8, 4) is 0 Å². The van der Waals surface area contributed by atoms with Gasteiger partial charge in [-0.25, -0.2) is 0 Å². The second kappa shape index (κ2) is 7.67. The maximum absolute atomic E-state index is 12.3. The minimum atomic E-state index is -0.270. The molecule has 0 aliphatic carbocycles. The van der Waals surface area contributed by atoms with E-state index in [1.807, 2.05) is 31.2 Å². The third-order valence-corrected chi connectivity index (χ3v) is 3.85. The minimum absolute atomic E-state index is 0.165. The third kappa shape index (κ3) is 4.48. The summed E-state index contributed by atoms with van der Waals surface area (Å²) in [5.41, 5.74) is 2.14. The molecule has 0 saturated carbocycles. The van der Waals surface area contributed by atoms with E-state index >= 15 is 0 Å². The average Bonchev–Trinajstić information content (AvgIpc) is 2.99. The summed E-state index contributed by atoms with van der Waals surface area (Å²) < 4.78 is 0. The van der Waals surface area contributed by atoms with Crippen molar-refractivity contribution in [2.24, 2.45) is 0 Å². The Morgan fingerprint density at radius 1 is 1.26 bits per heavy atom. The number of aromatic nitrogens is 2. The number of unbranched alkanes of at least 4 members (excludes halogenated alkanes) is 1. The van der Waals surface area contributed by atoms with Crippen molar-refractivity contribution in [3.63, 3.8) is 0 Å². The molecule has 0 saturated heterocycles. The Hall–Kier alpha value is -2.50. The number of rotatable bonds is 7. The van der Waals surface area contributed by atoms with Crippen molar-refractivity contribution in [1.82, 2.24) is 15.5 Å². The molecular weight excluding hydrogens is 292 g/mol. The Morgan fingerprint density at radius 2 is 1.96 bits per heavy atom. The van der Waals surface area contributed by atoms with Crippen molar-refractivity contribution in [3.05, 3.63) is 51.9 Å². The molecule has 0 aliphatic rings.